The summed E-state index contributed by atoms with van der Waals surface area (Å²) in [5, 5.41) is 0. The highest BCUT2D eigenvalue weighted by Crippen LogP contribution is 2.13. The molecule has 0 N–H and O–H groups in total. The Kier molecular flexibility index (Phi) is 46.7. The van der Waals surface area contributed by atoms with Crippen LogP contribution in [0.3, 0.4) is 0 Å². The van der Waals surface area contributed by atoms with E-state index in [4.69, 9.17) is 14.2 Å². The smallest absolute Gasteiger partial charge is 0.306 e. The molecule has 0 aliphatic rings. The number of hydrogen-bond donors (Lipinski definition) is 0. The van der Waals surface area contributed by atoms with Crippen LogP contribution < -0.4 is 0 Å². The van der Waals surface area contributed by atoms with Crippen molar-refractivity contribution in [3.8, 4) is 0 Å². The fourth-order valence-corrected chi connectivity index (χ4v) is 6.17. The van der Waals surface area contributed by atoms with Gasteiger partial charge in [0, 0.05) is 19.3 Å². The number of carbonyl (C=O) groups is 3. The van der Waals surface area contributed by atoms with Gasteiger partial charge in [0.1, 0.15) is 13.2 Å². The van der Waals surface area contributed by atoms with Gasteiger partial charge in [-0.05, 0) is 83.5 Å². The third-order valence-electron chi connectivity index (χ3n) is 9.82. The molecule has 0 bridgehead atoms. The van der Waals surface area contributed by atoms with Gasteiger partial charge in [-0.2, -0.15) is 0 Å². The van der Waals surface area contributed by atoms with Gasteiger partial charge < -0.3 is 14.2 Å². The van der Waals surface area contributed by atoms with Crippen LogP contribution in [0, 0.1) is 0 Å². The van der Waals surface area contributed by atoms with Gasteiger partial charge in [-0.25, -0.2) is 0 Å². The molecule has 6 heteroatoms. The van der Waals surface area contributed by atoms with Crippen LogP contribution in [0.5, 0.6) is 0 Å². The zero-order valence-electron chi connectivity index (χ0n) is 40.0. The third kappa shape index (κ3) is 48.4. The Morgan fingerprint density at radius 1 is 0.349 bits per heavy atom. The molecule has 0 saturated heterocycles. The number of esters is 3. The van der Waals surface area contributed by atoms with Gasteiger partial charge in [-0.1, -0.05) is 219 Å². The molecule has 0 aromatic heterocycles. The highest BCUT2D eigenvalue weighted by molar-refractivity contribution is 5.71. The normalized spacial score (nSPS) is 13.3. The Morgan fingerprint density at radius 2 is 0.698 bits per heavy atom. The second-order valence-electron chi connectivity index (χ2n) is 15.8. The van der Waals surface area contributed by atoms with E-state index in [-0.39, 0.29) is 37.5 Å². The quantitative estimate of drug-likeness (QED) is 0.0200. The maximum atomic E-state index is 12.8. The van der Waals surface area contributed by atoms with Gasteiger partial charge in [0.2, 0.25) is 0 Å². The Hall–Kier alpha value is -4.45. The molecule has 0 rings (SSSR count). The highest BCUT2D eigenvalue weighted by Gasteiger charge is 2.19. The van der Waals surface area contributed by atoms with Gasteiger partial charge in [-0.15, -0.1) is 0 Å². The SMILES string of the molecule is CC\C=C/C=C\C=C/C=C\CCCCCCCC(=O)OC(COC(=O)CCCCCCC\C=C/C=C\C=C/C=C\C=C/CCC)COC(=O)CCCCCCC/C=C\C/C=C\CC. The van der Waals surface area contributed by atoms with Crippen molar-refractivity contribution in [1.82, 2.24) is 0 Å². The molecule has 6 nitrogen and oxygen atoms in total. The van der Waals surface area contributed by atoms with Gasteiger partial charge in [0.25, 0.3) is 0 Å². The van der Waals surface area contributed by atoms with Crippen LogP contribution in [0.25, 0.3) is 0 Å². The summed E-state index contributed by atoms with van der Waals surface area (Å²) < 4.78 is 16.7. The van der Waals surface area contributed by atoms with Crippen LogP contribution in [0.2, 0.25) is 0 Å². The second-order valence-corrected chi connectivity index (χ2v) is 15.8. The summed E-state index contributed by atoms with van der Waals surface area (Å²) in [5.74, 6) is -0.984. The molecular weight excluding hydrogens is 781 g/mol. The van der Waals surface area contributed by atoms with Gasteiger partial charge in [0.05, 0.1) is 0 Å². The lowest BCUT2D eigenvalue weighted by molar-refractivity contribution is -0.167. The first kappa shape index (κ1) is 58.6. The zero-order chi connectivity index (χ0) is 45.8. The minimum atomic E-state index is -0.812. The molecular formula is C57H88O6. The maximum absolute atomic E-state index is 12.8. The first-order valence-electron chi connectivity index (χ1n) is 24.8. The molecule has 63 heavy (non-hydrogen) atoms. The van der Waals surface area contributed by atoms with Crippen molar-refractivity contribution in [2.24, 2.45) is 0 Å². The van der Waals surface area contributed by atoms with Crippen LogP contribution >= 0.6 is 0 Å². The van der Waals surface area contributed by atoms with Crippen molar-refractivity contribution >= 4 is 17.9 Å². The average molecular weight is 869 g/mol. The van der Waals surface area contributed by atoms with Crippen molar-refractivity contribution in [3.05, 3.63) is 134 Å². The van der Waals surface area contributed by atoms with E-state index in [9.17, 15) is 14.4 Å². The molecule has 0 aromatic rings. The number of allylic oxidation sites excluding steroid dienone is 22. The summed E-state index contributed by atoms with van der Waals surface area (Å²) in [7, 11) is 0. The number of ether oxygens (including phenoxy) is 3. The molecule has 1 unspecified atom stereocenters. The van der Waals surface area contributed by atoms with Crippen LogP contribution in [0.15, 0.2) is 134 Å². The van der Waals surface area contributed by atoms with Crippen molar-refractivity contribution in [2.45, 2.75) is 194 Å². The summed E-state index contributed by atoms with van der Waals surface area (Å²) in [6.07, 6.45) is 69.9. The van der Waals surface area contributed by atoms with E-state index in [0.717, 1.165) is 141 Å². The zero-order valence-corrected chi connectivity index (χ0v) is 40.0. The summed E-state index contributed by atoms with van der Waals surface area (Å²) in [6.45, 7) is 6.22. The molecule has 1 atom stereocenters. The maximum Gasteiger partial charge on any atom is 0.306 e. The van der Waals surface area contributed by atoms with E-state index in [1.54, 1.807) is 0 Å². The Bertz CT molecular complexity index is 1420. The minimum Gasteiger partial charge on any atom is -0.462 e. The fraction of sp³-hybridized carbons (Fsp3) is 0.561. The first-order valence-corrected chi connectivity index (χ1v) is 24.8. The van der Waals surface area contributed by atoms with Crippen molar-refractivity contribution < 1.29 is 28.6 Å². The van der Waals surface area contributed by atoms with Crippen molar-refractivity contribution in [3.63, 3.8) is 0 Å². The second kappa shape index (κ2) is 50.2. The summed E-state index contributed by atoms with van der Waals surface area (Å²) >= 11 is 0. The summed E-state index contributed by atoms with van der Waals surface area (Å²) in [6, 6.07) is 0. The average Bonchev–Trinajstić information content (AvgIpc) is 3.28. The minimum absolute atomic E-state index is 0.109. The predicted octanol–water partition coefficient (Wildman–Crippen LogP) is 16.3. The number of unbranched alkanes of at least 4 members (excludes halogenated alkanes) is 16. The Labute approximate surface area is 385 Å². The largest absolute Gasteiger partial charge is 0.462 e. The number of carbonyl (C=O) groups excluding carboxylic acids is 3. The van der Waals surface area contributed by atoms with Gasteiger partial charge in [0.15, 0.2) is 6.10 Å². The van der Waals surface area contributed by atoms with E-state index < -0.39 is 6.10 Å². The monoisotopic (exact) mass is 869 g/mol. The number of rotatable bonds is 42. The molecule has 0 fully saturated rings. The summed E-state index contributed by atoms with van der Waals surface area (Å²) in [4.78, 5) is 37.9. The first-order chi connectivity index (χ1) is 31.0. The van der Waals surface area contributed by atoms with Crippen LogP contribution in [-0.2, 0) is 28.6 Å². The van der Waals surface area contributed by atoms with Crippen LogP contribution in [0.1, 0.15) is 188 Å². The lowest BCUT2D eigenvalue weighted by Crippen LogP contribution is -2.30. The van der Waals surface area contributed by atoms with Crippen LogP contribution in [-0.4, -0.2) is 37.2 Å². The molecule has 0 heterocycles. The molecule has 0 saturated carbocycles. The predicted molar refractivity (Wildman–Crippen MR) is 269 cm³/mol. The van der Waals surface area contributed by atoms with Crippen molar-refractivity contribution in [1.29, 1.82) is 0 Å². The van der Waals surface area contributed by atoms with E-state index >= 15 is 0 Å². The molecule has 0 aromatic carbocycles. The lowest BCUT2D eigenvalue weighted by atomic mass is 10.1. The van der Waals surface area contributed by atoms with Crippen LogP contribution in [0.4, 0.5) is 0 Å². The molecule has 352 valence electrons. The molecule has 0 spiro atoms. The van der Waals surface area contributed by atoms with Gasteiger partial charge in [-0.3, -0.25) is 14.4 Å². The molecule has 0 radical (unpaired) electrons. The standard InChI is InChI=1S/C57H88O6/c1-4-7-10-13-16-19-22-25-27-28-29-31-32-35-38-41-44-47-50-56(59)62-53-54(52-61-55(58)49-46-43-40-37-34-24-21-18-15-12-9-6-3)63-57(60)51-48-45-42-39-36-33-30-26-23-20-17-14-11-8-5-2/h8-14,16-23,25-31,54H,4-7,15,24,32-53H2,1-3H3/b11-8-,12-9-,13-10-,17-14-,19-16-,21-18-,23-20-,25-22-,28-27-,30-26-,31-29-. The lowest BCUT2D eigenvalue weighted by Gasteiger charge is -2.18. The van der Waals surface area contributed by atoms with Gasteiger partial charge >= 0.3 is 17.9 Å². The fourth-order valence-electron chi connectivity index (χ4n) is 6.17. The Morgan fingerprint density at radius 3 is 1.14 bits per heavy atom. The summed E-state index contributed by atoms with van der Waals surface area (Å²) in [5.41, 5.74) is 0. The Balaban J connectivity index is 4.53. The molecule has 0 aliphatic heterocycles. The van der Waals surface area contributed by atoms with E-state index in [1.807, 2.05) is 60.8 Å². The van der Waals surface area contributed by atoms with E-state index in [1.165, 1.54) is 6.42 Å². The molecule has 0 aliphatic carbocycles. The van der Waals surface area contributed by atoms with Crippen molar-refractivity contribution in [2.75, 3.05) is 13.2 Å². The third-order valence-corrected chi connectivity index (χ3v) is 9.82. The van der Waals surface area contributed by atoms with E-state index in [0.29, 0.717) is 12.8 Å². The molecule has 0 amide bonds. The highest BCUT2D eigenvalue weighted by atomic mass is 16.6. The van der Waals surface area contributed by atoms with E-state index in [2.05, 4.69) is 93.7 Å². The topological polar surface area (TPSA) is 78.9 Å². The number of hydrogen-bond acceptors (Lipinski definition) is 6.